The number of esters is 1. The normalized spacial score (nSPS) is 17.2. The maximum Gasteiger partial charge on any atom is 0.327 e. The van der Waals surface area contributed by atoms with Gasteiger partial charge in [0.2, 0.25) is 10.0 Å². The maximum absolute atomic E-state index is 12.7. The number of carbonyl (C=O) groups excluding carboxylic acids is 1. The first kappa shape index (κ1) is 16.8. The fourth-order valence-corrected chi connectivity index (χ4v) is 4.33. The number of para-hydroxylation sites is 1. The fraction of sp³-hybridized carbons (Fsp3) is 0.533. The van der Waals surface area contributed by atoms with Gasteiger partial charge in [-0.25, -0.2) is 8.42 Å². The molecule has 0 aliphatic heterocycles. The van der Waals surface area contributed by atoms with Crippen molar-refractivity contribution in [2.45, 2.75) is 43.0 Å². The summed E-state index contributed by atoms with van der Waals surface area (Å²) in [5.41, 5.74) is -1.17. The third-order valence-electron chi connectivity index (χ3n) is 3.81. The first-order valence-corrected chi connectivity index (χ1v) is 8.78. The van der Waals surface area contributed by atoms with Gasteiger partial charge < -0.3 is 9.47 Å². The van der Waals surface area contributed by atoms with E-state index in [-0.39, 0.29) is 17.3 Å². The second-order valence-corrected chi connectivity index (χ2v) is 6.92. The van der Waals surface area contributed by atoms with Gasteiger partial charge in [0.05, 0.1) is 13.7 Å². The van der Waals surface area contributed by atoms with Crippen molar-refractivity contribution in [2.24, 2.45) is 0 Å². The van der Waals surface area contributed by atoms with Crippen LogP contribution in [0.4, 0.5) is 0 Å². The van der Waals surface area contributed by atoms with Gasteiger partial charge in [0.15, 0.2) is 0 Å². The van der Waals surface area contributed by atoms with Crippen molar-refractivity contribution >= 4 is 16.0 Å². The molecule has 1 aliphatic carbocycles. The standard InChI is InChI=1S/C15H21NO5S/c1-3-21-14(17)15(10-6-7-11-15)16-22(18,19)13-9-5-4-8-12(13)20-2/h4-5,8-9,16H,3,6-7,10-11H2,1-2H3. The second-order valence-electron chi connectivity index (χ2n) is 5.27. The second kappa shape index (κ2) is 6.66. The Bertz CT molecular complexity index is 635. The van der Waals surface area contributed by atoms with E-state index in [0.29, 0.717) is 12.8 Å². The van der Waals surface area contributed by atoms with Crippen LogP contribution in [-0.4, -0.2) is 33.6 Å². The molecule has 0 spiro atoms. The first-order chi connectivity index (χ1) is 10.4. The SMILES string of the molecule is CCOC(=O)C1(NS(=O)(=O)c2ccccc2OC)CCCC1. The molecule has 1 N–H and O–H groups in total. The fourth-order valence-electron chi connectivity index (χ4n) is 2.75. The van der Waals surface area contributed by atoms with Gasteiger partial charge in [-0.1, -0.05) is 25.0 Å². The molecule has 2 rings (SSSR count). The Kier molecular flexibility index (Phi) is 5.08. The van der Waals surface area contributed by atoms with Crippen LogP contribution in [0.1, 0.15) is 32.6 Å². The smallest absolute Gasteiger partial charge is 0.327 e. The summed E-state index contributed by atoms with van der Waals surface area (Å²) in [6.07, 6.45) is 2.46. The summed E-state index contributed by atoms with van der Waals surface area (Å²) < 4.78 is 38.1. The highest BCUT2D eigenvalue weighted by Gasteiger charge is 2.46. The number of nitrogens with one attached hydrogen (secondary N) is 1. The Morgan fingerprint density at radius 2 is 1.91 bits per heavy atom. The summed E-state index contributed by atoms with van der Waals surface area (Å²) in [5.74, 6) is -0.266. The Balaban J connectivity index is 2.35. The van der Waals surface area contributed by atoms with Crippen LogP contribution in [0.2, 0.25) is 0 Å². The van der Waals surface area contributed by atoms with Crippen molar-refractivity contribution < 1.29 is 22.7 Å². The zero-order valence-corrected chi connectivity index (χ0v) is 13.6. The molecule has 1 saturated carbocycles. The van der Waals surface area contributed by atoms with Crippen LogP contribution in [0.3, 0.4) is 0 Å². The molecule has 0 saturated heterocycles. The van der Waals surface area contributed by atoms with Gasteiger partial charge in [0.1, 0.15) is 16.2 Å². The lowest BCUT2D eigenvalue weighted by Gasteiger charge is -2.27. The summed E-state index contributed by atoms with van der Waals surface area (Å²) in [4.78, 5) is 12.3. The van der Waals surface area contributed by atoms with Crippen molar-refractivity contribution in [2.75, 3.05) is 13.7 Å². The average Bonchev–Trinajstić information content (AvgIpc) is 2.96. The predicted octanol–water partition coefficient (Wildman–Crippen LogP) is 1.85. The van der Waals surface area contributed by atoms with E-state index in [1.165, 1.54) is 13.2 Å². The monoisotopic (exact) mass is 327 g/mol. The Morgan fingerprint density at radius 3 is 2.50 bits per heavy atom. The summed E-state index contributed by atoms with van der Waals surface area (Å²) >= 11 is 0. The molecule has 7 heteroatoms. The lowest BCUT2D eigenvalue weighted by atomic mass is 10.00. The van der Waals surface area contributed by atoms with Crippen LogP contribution in [0, 0.1) is 0 Å². The summed E-state index contributed by atoms with van der Waals surface area (Å²) in [6, 6.07) is 6.33. The van der Waals surface area contributed by atoms with Crippen molar-refractivity contribution in [1.82, 2.24) is 4.72 Å². The number of benzene rings is 1. The first-order valence-electron chi connectivity index (χ1n) is 7.29. The number of hydrogen-bond acceptors (Lipinski definition) is 5. The van der Waals surface area contributed by atoms with E-state index in [1.807, 2.05) is 0 Å². The molecule has 0 aromatic heterocycles. The maximum atomic E-state index is 12.7. The highest BCUT2D eigenvalue weighted by Crippen LogP contribution is 2.34. The summed E-state index contributed by atoms with van der Waals surface area (Å²) in [7, 11) is -2.48. The van der Waals surface area contributed by atoms with E-state index in [1.54, 1.807) is 25.1 Å². The molecule has 122 valence electrons. The van der Waals surface area contributed by atoms with Crippen molar-refractivity contribution in [3.63, 3.8) is 0 Å². The highest BCUT2D eigenvalue weighted by atomic mass is 32.2. The number of ether oxygens (including phenoxy) is 2. The van der Waals surface area contributed by atoms with E-state index in [9.17, 15) is 13.2 Å². The van der Waals surface area contributed by atoms with Gasteiger partial charge in [0.25, 0.3) is 0 Å². The van der Waals surface area contributed by atoms with E-state index in [2.05, 4.69) is 4.72 Å². The molecule has 0 heterocycles. The molecule has 1 fully saturated rings. The van der Waals surface area contributed by atoms with E-state index in [4.69, 9.17) is 9.47 Å². The number of hydrogen-bond donors (Lipinski definition) is 1. The minimum absolute atomic E-state index is 0.0214. The Morgan fingerprint density at radius 1 is 1.27 bits per heavy atom. The molecule has 0 amide bonds. The molecular formula is C15H21NO5S. The lowest BCUT2D eigenvalue weighted by Crippen LogP contribution is -2.53. The van der Waals surface area contributed by atoms with E-state index < -0.39 is 21.5 Å². The van der Waals surface area contributed by atoms with E-state index in [0.717, 1.165) is 12.8 Å². The quantitative estimate of drug-likeness (QED) is 0.806. The Labute approximate surface area is 130 Å². The lowest BCUT2D eigenvalue weighted by molar-refractivity contribution is -0.150. The van der Waals surface area contributed by atoms with Crippen LogP contribution in [0.25, 0.3) is 0 Å². The van der Waals surface area contributed by atoms with Crippen LogP contribution < -0.4 is 9.46 Å². The molecule has 0 atom stereocenters. The third-order valence-corrected chi connectivity index (χ3v) is 5.39. The molecule has 1 aromatic rings. The van der Waals surface area contributed by atoms with Gasteiger partial charge >= 0.3 is 5.97 Å². The largest absolute Gasteiger partial charge is 0.495 e. The van der Waals surface area contributed by atoms with Gasteiger partial charge in [0, 0.05) is 0 Å². The molecule has 6 nitrogen and oxygen atoms in total. The molecular weight excluding hydrogens is 306 g/mol. The zero-order valence-electron chi connectivity index (χ0n) is 12.8. The molecule has 22 heavy (non-hydrogen) atoms. The van der Waals surface area contributed by atoms with Crippen LogP contribution in [0.5, 0.6) is 5.75 Å². The molecule has 0 unspecified atom stereocenters. The number of carbonyl (C=O) groups is 1. The molecule has 1 aliphatic rings. The topological polar surface area (TPSA) is 81.7 Å². The van der Waals surface area contributed by atoms with Crippen molar-refractivity contribution in [3.8, 4) is 5.75 Å². The predicted molar refractivity (Wildman–Crippen MR) is 81.1 cm³/mol. The van der Waals surface area contributed by atoms with E-state index >= 15 is 0 Å². The Hall–Kier alpha value is -1.60. The van der Waals surface area contributed by atoms with Crippen LogP contribution >= 0.6 is 0 Å². The zero-order chi connectivity index (χ0) is 16.2. The molecule has 1 aromatic carbocycles. The summed E-state index contributed by atoms with van der Waals surface area (Å²) in [6.45, 7) is 1.92. The van der Waals surface area contributed by atoms with Crippen molar-refractivity contribution in [1.29, 1.82) is 0 Å². The number of rotatable bonds is 6. The third kappa shape index (κ3) is 3.25. The van der Waals surface area contributed by atoms with Gasteiger partial charge in [-0.3, -0.25) is 4.79 Å². The summed E-state index contributed by atoms with van der Waals surface area (Å²) in [5, 5.41) is 0. The minimum Gasteiger partial charge on any atom is -0.495 e. The van der Waals surface area contributed by atoms with Gasteiger partial charge in [-0.15, -0.1) is 0 Å². The minimum atomic E-state index is -3.88. The van der Waals surface area contributed by atoms with Gasteiger partial charge in [-0.05, 0) is 31.9 Å². The van der Waals surface area contributed by atoms with Crippen LogP contribution in [0.15, 0.2) is 29.2 Å². The number of sulfonamides is 1. The van der Waals surface area contributed by atoms with Crippen molar-refractivity contribution in [3.05, 3.63) is 24.3 Å². The van der Waals surface area contributed by atoms with Crippen LogP contribution in [-0.2, 0) is 19.6 Å². The molecule has 0 bridgehead atoms. The van der Waals surface area contributed by atoms with Gasteiger partial charge in [-0.2, -0.15) is 4.72 Å². The average molecular weight is 327 g/mol. The highest BCUT2D eigenvalue weighted by molar-refractivity contribution is 7.89. The molecule has 0 radical (unpaired) electrons. The number of methoxy groups -OCH3 is 1.